The number of hydrogen-bond donors (Lipinski definition) is 1. The number of sulfonamides is 1. The van der Waals surface area contributed by atoms with Gasteiger partial charge in [0, 0.05) is 23.5 Å². The maximum atomic E-state index is 14.1. The highest BCUT2D eigenvalue weighted by Crippen LogP contribution is 2.22. The molecule has 3 aromatic rings. The lowest BCUT2D eigenvalue weighted by Crippen LogP contribution is -2.54. The molecule has 9 heteroatoms. The van der Waals surface area contributed by atoms with Gasteiger partial charge >= 0.3 is 0 Å². The molecule has 1 N–H and O–H groups in total. The molecule has 3 aromatic carbocycles. The van der Waals surface area contributed by atoms with Crippen LogP contribution in [0.5, 0.6) is 0 Å². The molecule has 0 saturated carbocycles. The first kappa shape index (κ1) is 30.4. The van der Waals surface area contributed by atoms with Crippen molar-refractivity contribution in [3.63, 3.8) is 0 Å². The molecule has 0 unspecified atom stereocenters. The summed E-state index contributed by atoms with van der Waals surface area (Å²) in [6.45, 7) is 5.47. The zero-order chi connectivity index (χ0) is 28.6. The van der Waals surface area contributed by atoms with E-state index in [-0.39, 0.29) is 24.9 Å². The van der Waals surface area contributed by atoms with Gasteiger partial charge in [-0.2, -0.15) is 0 Å². The Morgan fingerprint density at radius 1 is 0.949 bits per heavy atom. The normalized spacial score (nSPS) is 12.8. The van der Waals surface area contributed by atoms with Gasteiger partial charge in [0.05, 0.1) is 11.9 Å². The van der Waals surface area contributed by atoms with Gasteiger partial charge in [0.15, 0.2) is 0 Å². The summed E-state index contributed by atoms with van der Waals surface area (Å²) in [6.07, 6.45) is 2.10. The lowest BCUT2D eigenvalue weighted by atomic mass is 10.0. The average molecular weight is 615 g/mol. The first-order valence-corrected chi connectivity index (χ1v) is 15.5. The van der Waals surface area contributed by atoms with Crippen LogP contribution in [0, 0.1) is 6.92 Å². The molecule has 0 spiro atoms. The van der Waals surface area contributed by atoms with Crippen molar-refractivity contribution in [2.24, 2.45) is 0 Å². The second kappa shape index (κ2) is 13.8. The molecule has 0 aliphatic rings. The zero-order valence-corrected chi connectivity index (χ0v) is 25.2. The van der Waals surface area contributed by atoms with Gasteiger partial charge in [0.1, 0.15) is 12.6 Å². The van der Waals surface area contributed by atoms with Crippen molar-refractivity contribution in [3.05, 3.63) is 100 Å². The van der Waals surface area contributed by atoms with Crippen molar-refractivity contribution in [3.8, 4) is 0 Å². The van der Waals surface area contributed by atoms with Gasteiger partial charge < -0.3 is 10.2 Å². The standard InChI is InChI=1S/C30H36BrN3O4S/c1-5-23(3)32-30(36)28(19-24-11-7-6-8-12-24)33(20-25-14-16-26(31)17-15-25)29(35)21-34(39(4,37)38)27-13-9-10-22(2)18-27/h6-18,23,28H,5,19-21H2,1-4H3,(H,32,36)/t23-,28+/m1/s1. The van der Waals surface area contributed by atoms with Crippen molar-refractivity contribution >= 4 is 43.5 Å². The van der Waals surface area contributed by atoms with E-state index in [0.29, 0.717) is 5.69 Å². The minimum absolute atomic E-state index is 0.0831. The average Bonchev–Trinajstić information content (AvgIpc) is 2.90. The summed E-state index contributed by atoms with van der Waals surface area (Å²) >= 11 is 3.44. The topological polar surface area (TPSA) is 86.8 Å². The Kier molecular flexibility index (Phi) is 10.7. The third-order valence-corrected chi connectivity index (χ3v) is 8.18. The van der Waals surface area contributed by atoms with Crippen LogP contribution in [0.25, 0.3) is 0 Å². The fraction of sp³-hybridized carbons (Fsp3) is 0.333. The van der Waals surface area contributed by atoms with Crippen LogP contribution in [0.15, 0.2) is 83.3 Å². The molecule has 0 fully saturated rings. The Bertz CT molecular complexity index is 1360. The SMILES string of the molecule is CC[C@@H](C)NC(=O)[C@H](Cc1ccccc1)N(Cc1ccc(Br)cc1)C(=O)CN(c1cccc(C)c1)S(C)(=O)=O. The van der Waals surface area contributed by atoms with Gasteiger partial charge in [-0.15, -0.1) is 0 Å². The van der Waals surface area contributed by atoms with E-state index < -0.39 is 28.5 Å². The number of benzene rings is 3. The van der Waals surface area contributed by atoms with E-state index in [0.717, 1.165) is 38.1 Å². The van der Waals surface area contributed by atoms with Crippen LogP contribution in [0.4, 0.5) is 5.69 Å². The Morgan fingerprint density at radius 3 is 2.21 bits per heavy atom. The molecule has 2 amide bonds. The van der Waals surface area contributed by atoms with Gasteiger partial charge in [-0.25, -0.2) is 8.42 Å². The van der Waals surface area contributed by atoms with Crippen molar-refractivity contribution in [2.45, 2.75) is 52.2 Å². The molecule has 0 aliphatic carbocycles. The summed E-state index contributed by atoms with van der Waals surface area (Å²) in [6, 6.07) is 23.1. The monoisotopic (exact) mass is 613 g/mol. The number of carbonyl (C=O) groups excluding carboxylic acids is 2. The summed E-state index contributed by atoms with van der Waals surface area (Å²) < 4.78 is 27.7. The Hall–Kier alpha value is -3.17. The molecule has 0 bridgehead atoms. The maximum Gasteiger partial charge on any atom is 0.244 e. The lowest BCUT2D eigenvalue weighted by Gasteiger charge is -2.34. The highest BCUT2D eigenvalue weighted by Gasteiger charge is 2.33. The number of carbonyl (C=O) groups is 2. The number of rotatable bonds is 12. The minimum Gasteiger partial charge on any atom is -0.352 e. The van der Waals surface area contributed by atoms with Gasteiger partial charge in [-0.3, -0.25) is 13.9 Å². The fourth-order valence-electron chi connectivity index (χ4n) is 4.18. The van der Waals surface area contributed by atoms with Crippen LogP contribution in [0.1, 0.15) is 37.0 Å². The first-order valence-electron chi connectivity index (χ1n) is 12.9. The van der Waals surface area contributed by atoms with Gasteiger partial charge in [0.2, 0.25) is 21.8 Å². The van der Waals surface area contributed by atoms with Crippen molar-refractivity contribution < 1.29 is 18.0 Å². The maximum absolute atomic E-state index is 14.1. The molecule has 7 nitrogen and oxygen atoms in total. The molecule has 0 aromatic heterocycles. The Balaban J connectivity index is 2.05. The smallest absolute Gasteiger partial charge is 0.244 e. The number of halogens is 1. The third-order valence-electron chi connectivity index (χ3n) is 6.51. The highest BCUT2D eigenvalue weighted by atomic mass is 79.9. The molecular weight excluding hydrogens is 578 g/mol. The predicted molar refractivity (Wildman–Crippen MR) is 160 cm³/mol. The van der Waals surface area contributed by atoms with Crippen LogP contribution < -0.4 is 9.62 Å². The molecule has 0 heterocycles. The fourth-order valence-corrected chi connectivity index (χ4v) is 5.28. The highest BCUT2D eigenvalue weighted by molar-refractivity contribution is 9.10. The van der Waals surface area contributed by atoms with Crippen molar-refractivity contribution in [2.75, 3.05) is 17.1 Å². The first-order chi connectivity index (χ1) is 18.5. The Labute approximate surface area is 240 Å². The van der Waals surface area contributed by atoms with E-state index in [1.54, 1.807) is 18.2 Å². The molecule has 2 atom stereocenters. The summed E-state index contributed by atoms with van der Waals surface area (Å²) in [5, 5.41) is 3.03. The number of aryl methyl sites for hydroxylation is 1. The number of nitrogens with zero attached hydrogens (tertiary/aromatic N) is 2. The molecule has 3 rings (SSSR count). The van der Waals surface area contributed by atoms with Gasteiger partial charge in [-0.05, 0) is 61.2 Å². The molecule has 0 saturated heterocycles. The molecule has 208 valence electrons. The van der Waals surface area contributed by atoms with Gasteiger partial charge in [-0.1, -0.05) is 77.5 Å². The van der Waals surface area contributed by atoms with E-state index in [9.17, 15) is 18.0 Å². The van der Waals surface area contributed by atoms with Crippen LogP contribution in [0.3, 0.4) is 0 Å². The van der Waals surface area contributed by atoms with Gasteiger partial charge in [0.25, 0.3) is 0 Å². The number of nitrogens with one attached hydrogen (secondary N) is 1. The van der Waals surface area contributed by atoms with Crippen molar-refractivity contribution in [1.29, 1.82) is 0 Å². The van der Waals surface area contributed by atoms with Crippen LogP contribution in [-0.2, 0) is 32.6 Å². The van der Waals surface area contributed by atoms with E-state index in [1.807, 2.05) is 81.4 Å². The summed E-state index contributed by atoms with van der Waals surface area (Å²) in [7, 11) is -3.79. The minimum atomic E-state index is -3.79. The molecule has 39 heavy (non-hydrogen) atoms. The summed E-state index contributed by atoms with van der Waals surface area (Å²) in [5.41, 5.74) is 2.99. The largest absolute Gasteiger partial charge is 0.352 e. The lowest BCUT2D eigenvalue weighted by molar-refractivity contribution is -0.140. The predicted octanol–water partition coefficient (Wildman–Crippen LogP) is 5.08. The molecule has 0 aliphatic heterocycles. The summed E-state index contributed by atoms with van der Waals surface area (Å²) in [5.74, 6) is -0.745. The Morgan fingerprint density at radius 2 is 1.62 bits per heavy atom. The number of hydrogen-bond acceptors (Lipinski definition) is 4. The second-order valence-electron chi connectivity index (χ2n) is 9.78. The number of amides is 2. The second-order valence-corrected chi connectivity index (χ2v) is 12.6. The van der Waals surface area contributed by atoms with E-state index in [4.69, 9.17) is 0 Å². The van der Waals surface area contributed by atoms with Crippen LogP contribution >= 0.6 is 15.9 Å². The van der Waals surface area contributed by atoms with E-state index >= 15 is 0 Å². The van der Waals surface area contributed by atoms with Crippen LogP contribution in [-0.4, -0.2) is 50.0 Å². The van der Waals surface area contributed by atoms with E-state index in [1.165, 1.54) is 4.90 Å². The zero-order valence-electron chi connectivity index (χ0n) is 22.8. The summed E-state index contributed by atoms with van der Waals surface area (Å²) in [4.78, 5) is 29.2. The molecular formula is C30H36BrN3O4S. The number of anilines is 1. The molecule has 0 radical (unpaired) electrons. The third kappa shape index (κ3) is 8.93. The van der Waals surface area contributed by atoms with Crippen molar-refractivity contribution in [1.82, 2.24) is 10.2 Å². The quantitative estimate of drug-likeness (QED) is 0.309. The van der Waals surface area contributed by atoms with E-state index in [2.05, 4.69) is 21.2 Å². The van der Waals surface area contributed by atoms with Crippen LogP contribution in [0.2, 0.25) is 0 Å².